The smallest absolute Gasteiger partial charge is 0.411 e. The van der Waals surface area contributed by atoms with Crippen LogP contribution in [0.15, 0.2) is 65.6 Å². The van der Waals surface area contributed by atoms with Gasteiger partial charge < -0.3 is 4.74 Å². The number of amides is 1. The molecule has 0 unspecified atom stereocenters. The van der Waals surface area contributed by atoms with Gasteiger partial charge >= 0.3 is 6.09 Å². The number of carbonyl (C=O) groups is 1. The topological polar surface area (TPSA) is 72.5 Å². The van der Waals surface area contributed by atoms with Gasteiger partial charge in [0.1, 0.15) is 6.61 Å². The van der Waals surface area contributed by atoms with Crippen LogP contribution in [0.5, 0.6) is 0 Å². The van der Waals surface area contributed by atoms with E-state index in [1.807, 2.05) is 36.4 Å². The fourth-order valence-electron chi connectivity index (χ4n) is 3.97. The SMILES string of the molecule is Cc1cc(C)c(S(=O)(=O)Cl)cc1NC(=O)OCC1c2ccccc2-c2ccccc21. The molecule has 4 rings (SSSR count). The Morgan fingerprint density at radius 2 is 1.53 bits per heavy atom. The second-order valence-corrected chi connectivity index (χ2v) is 9.86. The molecule has 3 aromatic rings. The number of aryl methyl sites for hydroxylation is 2. The third-order valence-corrected chi connectivity index (χ3v) is 6.83. The van der Waals surface area contributed by atoms with Gasteiger partial charge in [0.15, 0.2) is 0 Å². The average Bonchev–Trinajstić information content (AvgIpc) is 3.01. The summed E-state index contributed by atoms with van der Waals surface area (Å²) in [5, 5.41) is 2.64. The summed E-state index contributed by atoms with van der Waals surface area (Å²) in [4.78, 5) is 12.4. The summed E-state index contributed by atoms with van der Waals surface area (Å²) in [6.07, 6.45) is -0.651. The van der Waals surface area contributed by atoms with Crippen molar-refractivity contribution in [3.63, 3.8) is 0 Å². The Bertz CT molecular complexity index is 1210. The summed E-state index contributed by atoms with van der Waals surface area (Å²) in [5.41, 5.74) is 6.10. The zero-order valence-corrected chi connectivity index (χ0v) is 18.0. The first-order valence-corrected chi connectivity index (χ1v) is 11.7. The van der Waals surface area contributed by atoms with Crippen LogP contribution < -0.4 is 5.32 Å². The molecule has 0 saturated carbocycles. The average molecular weight is 442 g/mol. The molecule has 0 heterocycles. The molecular weight excluding hydrogens is 422 g/mol. The minimum Gasteiger partial charge on any atom is -0.448 e. The molecule has 0 aliphatic heterocycles. The van der Waals surface area contributed by atoms with Crippen LogP contribution in [0.1, 0.15) is 28.2 Å². The van der Waals surface area contributed by atoms with Gasteiger partial charge in [0.25, 0.3) is 9.05 Å². The van der Waals surface area contributed by atoms with E-state index in [0.29, 0.717) is 16.8 Å². The number of fused-ring (bicyclic) bond motifs is 3. The normalized spacial score (nSPS) is 12.9. The van der Waals surface area contributed by atoms with E-state index in [0.717, 1.165) is 22.3 Å². The summed E-state index contributed by atoms with van der Waals surface area (Å²) in [6, 6.07) is 19.2. The molecule has 0 atom stereocenters. The van der Waals surface area contributed by atoms with Gasteiger partial charge in [-0.15, -0.1) is 0 Å². The van der Waals surface area contributed by atoms with Crippen LogP contribution in [-0.2, 0) is 13.8 Å². The Kier molecular flexibility index (Phi) is 5.30. The Morgan fingerprint density at radius 1 is 0.967 bits per heavy atom. The molecule has 1 aliphatic carbocycles. The molecule has 30 heavy (non-hydrogen) atoms. The number of hydrogen-bond donors (Lipinski definition) is 1. The van der Waals surface area contributed by atoms with Gasteiger partial charge in [-0.05, 0) is 53.3 Å². The molecule has 5 nitrogen and oxygen atoms in total. The Hall–Kier alpha value is -2.83. The van der Waals surface area contributed by atoms with Gasteiger partial charge in [0.05, 0.1) is 4.90 Å². The number of anilines is 1. The maximum atomic E-state index is 12.5. The van der Waals surface area contributed by atoms with Crippen molar-refractivity contribution in [2.45, 2.75) is 24.7 Å². The highest BCUT2D eigenvalue weighted by Gasteiger charge is 2.29. The van der Waals surface area contributed by atoms with E-state index in [4.69, 9.17) is 15.4 Å². The molecule has 0 spiro atoms. The lowest BCUT2D eigenvalue weighted by Gasteiger charge is -2.16. The summed E-state index contributed by atoms with van der Waals surface area (Å²) >= 11 is 0. The van der Waals surface area contributed by atoms with Gasteiger partial charge in [0.2, 0.25) is 0 Å². The lowest BCUT2D eigenvalue weighted by Crippen LogP contribution is -2.18. The first-order valence-electron chi connectivity index (χ1n) is 9.43. The van der Waals surface area contributed by atoms with Crippen molar-refractivity contribution < 1.29 is 17.9 Å². The van der Waals surface area contributed by atoms with Crippen LogP contribution in [-0.4, -0.2) is 21.1 Å². The molecule has 0 bridgehead atoms. The maximum Gasteiger partial charge on any atom is 0.411 e. The summed E-state index contributed by atoms with van der Waals surface area (Å²) in [6.45, 7) is 3.60. The number of nitrogens with one attached hydrogen (secondary N) is 1. The van der Waals surface area contributed by atoms with Crippen molar-refractivity contribution >= 4 is 31.5 Å². The van der Waals surface area contributed by atoms with Crippen molar-refractivity contribution in [3.05, 3.63) is 82.9 Å². The number of ether oxygens (including phenoxy) is 1. The van der Waals surface area contributed by atoms with Gasteiger partial charge in [-0.25, -0.2) is 13.2 Å². The van der Waals surface area contributed by atoms with Crippen molar-refractivity contribution in [1.29, 1.82) is 0 Å². The van der Waals surface area contributed by atoms with Crippen LogP contribution in [0.2, 0.25) is 0 Å². The highest BCUT2D eigenvalue weighted by atomic mass is 35.7. The highest BCUT2D eigenvalue weighted by molar-refractivity contribution is 8.13. The predicted octanol–water partition coefficient (Wildman–Crippen LogP) is 5.59. The Labute approximate surface area is 180 Å². The summed E-state index contributed by atoms with van der Waals surface area (Å²) in [7, 11) is 1.58. The molecule has 0 saturated heterocycles. The first kappa shape index (κ1) is 20.4. The molecule has 1 amide bonds. The third-order valence-electron chi connectivity index (χ3n) is 5.37. The lowest BCUT2D eigenvalue weighted by atomic mass is 9.98. The molecular formula is C23H20ClNO4S. The van der Waals surface area contributed by atoms with E-state index in [2.05, 4.69) is 17.4 Å². The Balaban J connectivity index is 1.53. The number of halogens is 1. The molecule has 3 aromatic carbocycles. The van der Waals surface area contributed by atoms with E-state index in [1.54, 1.807) is 19.9 Å². The number of benzene rings is 3. The van der Waals surface area contributed by atoms with Crippen molar-refractivity contribution in [2.75, 3.05) is 11.9 Å². The van der Waals surface area contributed by atoms with E-state index in [1.165, 1.54) is 6.07 Å². The van der Waals surface area contributed by atoms with Gasteiger partial charge in [-0.3, -0.25) is 5.32 Å². The van der Waals surface area contributed by atoms with Crippen molar-refractivity contribution in [3.8, 4) is 11.1 Å². The lowest BCUT2D eigenvalue weighted by molar-refractivity contribution is 0.158. The minimum absolute atomic E-state index is 0.0382. The molecule has 0 fully saturated rings. The molecule has 1 N–H and O–H groups in total. The van der Waals surface area contributed by atoms with Crippen LogP contribution in [0.3, 0.4) is 0 Å². The summed E-state index contributed by atoms with van der Waals surface area (Å²) in [5.74, 6) is -0.0546. The van der Waals surface area contributed by atoms with E-state index < -0.39 is 15.1 Å². The third kappa shape index (κ3) is 3.80. The van der Waals surface area contributed by atoms with Crippen molar-refractivity contribution in [2.24, 2.45) is 0 Å². The highest BCUT2D eigenvalue weighted by Crippen LogP contribution is 2.44. The largest absolute Gasteiger partial charge is 0.448 e. The van der Waals surface area contributed by atoms with E-state index in [-0.39, 0.29) is 17.4 Å². The molecule has 0 aromatic heterocycles. The van der Waals surface area contributed by atoms with Gasteiger partial charge in [-0.2, -0.15) is 0 Å². The molecule has 0 radical (unpaired) electrons. The quantitative estimate of drug-likeness (QED) is 0.535. The number of hydrogen-bond acceptors (Lipinski definition) is 4. The monoisotopic (exact) mass is 441 g/mol. The van der Waals surface area contributed by atoms with E-state index >= 15 is 0 Å². The number of carbonyl (C=O) groups excluding carboxylic acids is 1. The molecule has 1 aliphatic rings. The number of rotatable bonds is 4. The second kappa shape index (κ2) is 7.78. The van der Waals surface area contributed by atoms with Gasteiger partial charge in [0, 0.05) is 22.3 Å². The van der Waals surface area contributed by atoms with E-state index in [9.17, 15) is 13.2 Å². The van der Waals surface area contributed by atoms with Crippen molar-refractivity contribution in [1.82, 2.24) is 0 Å². The van der Waals surface area contributed by atoms with Crippen LogP contribution in [0, 0.1) is 13.8 Å². The predicted molar refractivity (Wildman–Crippen MR) is 118 cm³/mol. The van der Waals surface area contributed by atoms with Crippen LogP contribution >= 0.6 is 10.7 Å². The van der Waals surface area contributed by atoms with Crippen LogP contribution in [0.4, 0.5) is 10.5 Å². The summed E-state index contributed by atoms with van der Waals surface area (Å²) < 4.78 is 29.0. The minimum atomic E-state index is -3.92. The fraction of sp³-hybridized carbons (Fsp3) is 0.174. The Morgan fingerprint density at radius 3 is 2.10 bits per heavy atom. The fourth-order valence-corrected chi connectivity index (χ4v) is 5.18. The second-order valence-electron chi connectivity index (χ2n) is 7.32. The van der Waals surface area contributed by atoms with Gasteiger partial charge in [-0.1, -0.05) is 54.6 Å². The molecule has 154 valence electrons. The maximum absolute atomic E-state index is 12.5. The van der Waals surface area contributed by atoms with Crippen LogP contribution in [0.25, 0.3) is 11.1 Å². The zero-order valence-electron chi connectivity index (χ0n) is 16.5. The standard InChI is InChI=1S/C23H20ClNO4S/c1-14-11-15(2)22(30(24,27)28)12-21(14)25-23(26)29-13-20-18-9-5-3-7-16(18)17-8-4-6-10-19(17)20/h3-12,20H,13H2,1-2H3,(H,25,26). The molecule has 7 heteroatoms. The first-order chi connectivity index (χ1) is 14.3. The zero-order chi connectivity index (χ0) is 21.5.